The summed E-state index contributed by atoms with van der Waals surface area (Å²) in [5.74, 6) is -0.661. The van der Waals surface area contributed by atoms with Gasteiger partial charge in [0, 0.05) is 17.0 Å². The third-order valence-electron chi connectivity index (χ3n) is 3.13. The van der Waals surface area contributed by atoms with Crippen molar-refractivity contribution in [1.82, 2.24) is 14.8 Å². The highest BCUT2D eigenvalue weighted by molar-refractivity contribution is 7.72. The van der Waals surface area contributed by atoms with E-state index in [2.05, 4.69) is 10.1 Å². The topological polar surface area (TPSA) is 64.8 Å². The van der Waals surface area contributed by atoms with E-state index in [0.717, 1.165) is 4.68 Å². The SMILES string of the molecule is O=[SH](=O)c1nc2n(n1)[C@H](c1cc(Cl)ccc1F)C[C@@H]2F. The van der Waals surface area contributed by atoms with E-state index in [-0.39, 0.29) is 17.8 Å². The van der Waals surface area contributed by atoms with Crippen molar-refractivity contribution < 1.29 is 17.2 Å². The molecule has 3 rings (SSSR count). The molecule has 1 aromatic heterocycles. The molecule has 2 atom stereocenters. The number of thiol groups is 1. The Morgan fingerprint density at radius 1 is 1.40 bits per heavy atom. The number of halogens is 3. The number of nitrogens with zero attached hydrogens (tertiary/aromatic N) is 3. The summed E-state index contributed by atoms with van der Waals surface area (Å²) in [7, 11) is -3.01. The van der Waals surface area contributed by atoms with Crippen molar-refractivity contribution in [2.24, 2.45) is 0 Å². The van der Waals surface area contributed by atoms with Gasteiger partial charge < -0.3 is 0 Å². The van der Waals surface area contributed by atoms with Crippen molar-refractivity contribution in [1.29, 1.82) is 0 Å². The molecule has 0 amide bonds. The smallest absolute Gasteiger partial charge is 0.239 e. The van der Waals surface area contributed by atoms with Crippen LogP contribution in [0.4, 0.5) is 8.78 Å². The van der Waals surface area contributed by atoms with E-state index in [1.807, 2.05) is 0 Å². The zero-order valence-electron chi connectivity index (χ0n) is 9.83. The van der Waals surface area contributed by atoms with Gasteiger partial charge in [-0.25, -0.2) is 21.9 Å². The molecular formula is C11H8ClF2N3O2S. The number of fused-ring (bicyclic) bond motifs is 1. The van der Waals surface area contributed by atoms with Gasteiger partial charge in [-0.15, -0.1) is 5.10 Å². The van der Waals surface area contributed by atoms with Crippen LogP contribution in [0.25, 0.3) is 0 Å². The molecule has 106 valence electrons. The quantitative estimate of drug-likeness (QED) is 0.860. The third-order valence-corrected chi connectivity index (χ3v) is 3.88. The molecule has 0 radical (unpaired) electrons. The molecule has 20 heavy (non-hydrogen) atoms. The van der Waals surface area contributed by atoms with Crippen molar-refractivity contribution in [3.05, 3.63) is 40.4 Å². The van der Waals surface area contributed by atoms with Crippen LogP contribution in [0.15, 0.2) is 23.4 Å². The molecule has 1 aromatic carbocycles. The zero-order chi connectivity index (χ0) is 14.4. The Labute approximate surface area is 119 Å². The van der Waals surface area contributed by atoms with Gasteiger partial charge in [-0.1, -0.05) is 11.6 Å². The second kappa shape index (κ2) is 4.78. The van der Waals surface area contributed by atoms with Crippen LogP contribution in [0.1, 0.15) is 30.0 Å². The summed E-state index contributed by atoms with van der Waals surface area (Å²) in [5.41, 5.74) is 0.163. The van der Waals surface area contributed by atoms with Crippen molar-refractivity contribution in [2.45, 2.75) is 23.8 Å². The molecule has 0 spiro atoms. The average molecular weight is 320 g/mol. The van der Waals surface area contributed by atoms with Crippen LogP contribution in [0.5, 0.6) is 0 Å². The van der Waals surface area contributed by atoms with Gasteiger partial charge in [0.2, 0.25) is 10.7 Å². The predicted molar refractivity (Wildman–Crippen MR) is 66.6 cm³/mol. The fourth-order valence-corrected chi connectivity index (χ4v) is 2.81. The molecule has 0 N–H and O–H groups in total. The Morgan fingerprint density at radius 2 is 2.15 bits per heavy atom. The second-order valence-electron chi connectivity index (χ2n) is 4.36. The molecule has 0 unspecified atom stereocenters. The van der Waals surface area contributed by atoms with Gasteiger partial charge in [0.1, 0.15) is 5.82 Å². The molecule has 0 aliphatic carbocycles. The van der Waals surface area contributed by atoms with Crippen LogP contribution >= 0.6 is 11.6 Å². The first-order valence-electron chi connectivity index (χ1n) is 5.67. The van der Waals surface area contributed by atoms with E-state index in [1.54, 1.807) is 0 Å². The summed E-state index contributed by atoms with van der Waals surface area (Å²) in [5, 5.41) is 3.57. The minimum atomic E-state index is -3.01. The normalized spacial score (nSPS) is 21.4. The highest BCUT2D eigenvalue weighted by Gasteiger charge is 2.37. The first-order valence-corrected chi connectivity index (χ1v) is 7.22. The third kappa shape index (κ3) is 2.08. The maximum Gasteiger partial charge on any atom is 0.264 e. The number of rotatable bonds is 2. The number of benzene rings is 1. The van der Waals surface area contributed by atoms with Gasteiger partial charge >= 0.3 is 0 Å². The van der Waals surface area contributed by atoms with E-state index in [0.29, 0.717) is 5.02 Å². The van der Waals surface area contributed by atoms with Gasteiger partial charge in [-0.05, 0) is 18.2 Å². The Hall–Kier alpha value is -1.54. The molecule has 0 saturated heterocycles. The molecule has 0 bridgehead atoms. The molecule has 1 aliphatic rings. The number of aromatic nitrogens is 3. The summed E-state index contributed by atoms with van der Waals surface area (Å²) in [6, 6.07) is 3.18. The summed E-state index contributed by atoms with van der Waals surface area (Å²) >= 11 is 5.81. The van der Waals surface area contributed by atoms with E-state index in [4.69, 9.17) is 11.6 Å². The fourth-order valence-electron chi connectivity index (χ4n) is 2.27. The minimum absolute atomic E-state index is 0.0531. The summed E-state index contributed by atoms with van der Waals surface area (Å²) in [4.78, 5) is 3.62. The molecule has 2 heterocycles. The summed E-state index contributed by atoms with van der Waals surface area (Å²) in [6.07, 6.45) is -1.54. The van der Waals surface area contributed by atoms with Crippen LogP contribution in [0.2, 0.25) is 5.02 Å². The van der Waals surface area contributed by atoms with Crippen molar-refractivity contribution in [3.8, 4) is 0 Å². The highest BCUT2D eigenvalue weighted by atomic mass is 35.5. The molecular weight excluding hydrogens is 312 g/mol. The van der Waals surface area contributed by atoms with Crippen LogP contribution in [0, 0.1) is 5.82 Å². The van der Waals surface area contributed by atoms with E-state index < -0.39 is 33.9 Å². The van der Waals surface area contributed by atoms with Crippen LogP contribution in [-0.4, -0.2) is 23.2 Å². The second-order valence-corrected chi connectivity index (χ2v) is 5.71. The van der Waals surface area contributed by atoms with Gasteiger partial charge in [-0.3, -0.25) is 0 Å². The first-order chi connectivity index (χ1) is 9.47. The highest BCUT2D eigenvalue weighted by Crippen LogP contribution is 2.40. The standard InChI is InChI=1S/C11H8ClF2N3O2S/c12-5-1-2-7(13)6(3-5)9-4-8(14)10-15-11(20(18)19)16-17(9)10/h1-3,8-9,20H,4H2/t8-,9-/m0/s1. The predicted octanol–water partition coefficient (Wildman–Crippen LogP) is 2.04. The largest absolute Gasteiger partial charge is 0.264 e. The molecule has 0 fully saturated rings. The molecule has 2 aromatic rings. The lowest BCUT2D eigenvalue weighted by Gasteiger charge is -2.12. The summed E-state index contributed by atoms with van der Waals surface area (Å²) < 4.78 is 50.6. The molecule has 1 aliphatic heterocycles. The molecule has 5 nitrogen and oxygen atoms in total. The Balaban J connectivity index is 2.12. The van der Waals surface area contributed by atoms with E-state index >= 15 is 0 Å². The van der Waals surface area contributed by atoms with Crippen LogP contribution in [0.3, 0.4) is 0 Å². The number of hydrogen-bond donors (Lipinski definition) is 1. The maximum atomic E-state index is 13.9. The van der Waals surface area contributed by atoms with Gasteiger partial charge in [0.05, 0.1) is 6.04 Å². The average Bonchev–Trinajstić information content (AvgIpc) is 2.94. The van der Waals surface area contributed by atoms with E-state index in [9.17, 15) is 17.2 Å². The van der Waals surface area contributed by atoms with Gasteiger partial charge in [0.25, 0.3) is 5.16 Å². The monoisotopic (exact) mass is 319 g/mol. The van der Waals surface area contributed by atoms with Crippen molar-refractivity contribution in [3.63, 3.8) is 0 Å². The lowest BCUT2D eigenvalue weighted by atomic mass is 10.0. The zero-order valence-corrected chi connectivity index (χ0v) is 11.5. The van der Waals surface area contributed by atoms with Crippen LogP contribution < -0.4 is 0 Å². The Bertz CT molecular complexity index is 754. The Kier molecular flexibility index (Phi) is 3.21. The fraction of sp³-hybridized carbons (Fsp3) is 0.273. The first kappa shape index (κ1) is 13.4. The van der Waals surface area contributed by atoms with Crippen LogP contribution in [-0.2, 0) is 10.7 Å². The number of alkyl halides is 1. The Morgan fingerprint density at radius 3 is 2.85 bits per heavy atom. The minimum Gasteiger partial charge on any atom is -0.239 e. The van der Waals surface area contributed by atoms with Crippen molar-refractivity contribution in [2.75, 3.05) is 0 Å². The summed E-state index contributed by atoms with van der Waals surface area (Å²) in [6.45, 7) is 0. The van der Waals surface area contributed by atoms with E-state index in [1.165, 1.54) is 18.2 Å². The number of hydrogen-bond acceptors (Lipinski definition) is 4. The molecule has 9 heteroatoms. The lowest BCUT2D eigenvalue weighted by Crippen LogP contribution is -2.09. The lowest BCUT2D eigenvalue weighted by molar-refractivity contribution is 0.325. The van der Waals surface area contributed by atoms with Gasteiger partial charge in [-0.2, -0.15) is 4.98 Å². The van der Waals surface area contributed by atoms with Crippen molar-refractivity contribution >= 4 is 22.3 Å². The van der Waals surface area contributed by atoms with Gasteiger partial charge in [0.15, 0.2) is 12.0 Å². The molecule has 0 saturated carbocycles. The maximum absolute atomic E-state index is 13.9.